The Morgan fingerprint density at radius 1 is 1.32 bits per heavy atom. The van der Waals surface area contributed by atoms with E-state index >= 15 is 0 Å². The first-order valence-electron chi connectivity index (χ1n) is 7.19. The predicted molar refractivity (Wildman–Crippen MR) is 77.6 cm³/mol. The molecule has 0 spiro atoms. The van der Waals surface area contributed by atoms with Crippen molar-refractivity contribution in [1.29, 1.82) is 0 Å². The summed E-state index contributed by atoms with van der Waals surface area (Å²) in [5, 5.41) is 14.3. The van der Waals surface area contributed by atoms with Gasteiger partial charge < -0.3 is 10.4 Å². The Kier molecular flexibility index (Phi) is 3.96. The second-order valence-electron chi connectivity index (χ2n) is 5.66. The SMILES string of the molecule is Oc1ccc(Cl)cc1CN1CCCC1C1CCCN1. The monoisotopic (exact) mass is 280 g/mol. The van der Waals surface area contributed by atoms with E-state index in [1.807, 2.05) is 6.07 Å². The standard InChI is InChI=1S/C15H21ClN2O/c16-12-5-6-15(19)11(9-12)10-18-8-2-4-14(18)13-3-1-7-17-13/h5-6,9,13-14,17,19H,1-4,7-8,10H2. The minimum atomic E-state index is 0.356. The van der Waals surface area contributed by atoms with Crippen LogP contribution in [0.1, 0.15) is 31.2 Å². The third kappa shape index (κ3) is 2.88. The van der Waals surface area contributed by atoms with Crippen LogP contribution < -0.4 is 5.32 Å². The number of nitrogens with zero attached hydrogens (tertiary/aromatic N) is 1. The van der Waals surface area contributed by atoms with Crippen LogP contribution in [0.5, 0.6) is 5.75 Å². The molecule has 2 aliphatic heterocycles. The summed E-state index contributed by atoms with van der Waals surface area (Å²) in [5.74, 6) is 0.356. The smallest absolute Gasteiger partial charge is 0.120 e. The van der Waals surface area contributed by atoms with Gasteiger partial charge in [-0.05, 0) is 57.0 Å². The van der Waals surface area contributed by atoms with Gasteiger partial charge in [0.1, 0.15) is 5.75 Å². The molecule has 2 atom stereocenters. The lowest BCUT2D eigenvalue weighted by molar-refractivity contribution is 0.204. The molecule has 1 aromatic carbocycles. The van der Waals surface area contributed by atoms with Gasteiger partial charge in [0.05, 0.1) is 0 Å². The molecular weight excluding hydrogens is 260 g/mol. The van der Waals surface area contributed by atoms with Gasteiger partial charge in [0, 0.05) is 29.2 Å². The molecule has 0 aliphatic carbocycles. The quantitative estimate of drug-likeness (QED) is 0.894. The highest BCUT2D eigenvalue weighted by Crippen LogP contribution is 2.29. The Balaban J connectivity index is 1.72. The van der Waals surface area contributed by atoms with E-state index in [0.29, 0.717) is 22.9 Å². The van der Waals surface area contributed by atoms with Crippen LogP contribution in [0, 0.1) is 0 Å². The number of benzene rings is 1. The summed E-state index contributed by atoms with van der Waals surface area (Å²) in [4.78, 5) is 2.49. The van der Waals surface area contributed by atoms with Gasteiger partial charge in [-0.1, -0.05) is 11.6 Å². The molecule has 2 unspecified atom stereocenters. The second-order valence-corrected chi connectivity index (χ2v) is 6.09. The van der Waals surface area contributed by atoms with E-state index in [1.165, 1.54) is 25.7 Å². The molecule has 2 aliphatic rings. The molecule has 0 saturated carbocycles. The molecule has 2 fully saturated rings. The van der Waals surface area contributed by atoms with E-state index in [0.717, 1.165) is 25.2 Å². The van der Waals surface area contributed by atoms with Crippen molar-refractivity contribution in [3.05, 3.63) is 28.8 Å². The van der Waals surface area contributed by atoms with Crippen molar-refractivity contribution in [2.24, 2.45) is 0 Å². The normalized spacial score (nSPS) is 28.1. The maximum absolute atomic E-state index is 9.95. The van der Waals surface area contributed by atoms with Crippen molar-refractivity contribution in [1.82, 2.24) is 10.2 Å². The van der Waals surface area contributed by atoms with E-state index in [9.17, 15) is 5.11 Å². The summed E-state index contributed by atoms with van der Waals surface area (Å²) in [7, 11) is 0. The van der Waals surface area contributed by atoms with E-state index < -0.39 is 0 Å². The topological polar surface area (TPSA) is 35.5 Å². The van der Waals surface area contributed by atoms with Crippen LogP contribution in [-0.2, 0) is 6.54 Å². The fraction of sp³-hybridized carbons (Fsp3) is 0.600. The molecule has 1 aromatic rings. The summed E-state index contributed by atoms with van der Waals surface area (Å²) in [6, 6.07) is 6.55. The van der Waals surface area contributed by atoms with Gasteiger partial charge in [-0.3, -0.25) is 4.90 Å². The zero-order chi connectivity index (χ0) is 13.2. The first-order chi connectivity index (χ1) is 9.24. The van der Waals surface area contributed by atoms with Gasteiger partial charge in [-0.15, -0.1) is 0 Å². The number of phenolic OH excluding ortho intramolecular Hbond substituents is 1. The first kappa shape index (κ1) is 13.2. The summed E-state index contributed by atoms with van der Waals surface area (Å²) in [5.41, 5.74) is 0.942. The fourth-order valence-corrected chi connectivity index (χ4v) is 3.64. The van der Waals surface area contributed by atoms with Crippen molar-refractivity contribution >= 4 is 11.6 Å². The van der Waals surface area contributed by atoms with Gasteiger partial charge in [0.2, 0.25) is 0 Å². The van der Waals surface area contributed by atoms with Crippen LogP contribution in [0.2, 0.25) is 5.02 Å². The summed E-state index contributed by atoms with van der Waals surface area (Å²) >= 11 is 6.02. The second kappa shape index (κ2) is 5.70. The molecule has 2 saturated heterocycles. The maximum Gasteiger partial charge on any atom is 0.120 e. The highest BCUT2D eigenvalue weighted by Gasteiger charge is 2.33. The number of nitrogens with one attached hydrogen (secondary N) is 1. The van der Waals surface area contributed by atoms with Gasteiger partial charge in [-0.25, -0.2) is 0 Å². The molecule has 0 bridgehead atoms. The maximum atomic E-state index is 9.95. The minimum absolute atomic E-state index is 0.356. The van der Waals surface area contributed by atoms with Crippen LogP contribution in [0.4, 0.5) is 0 Å². The van der Waals surface area contributed by atoms with Crippen LogP contribution in [0.25, 0.3) is 0 Å². The van der Waals surface area contributed by atoms with Crippen molar-refractivity contribution in [2.75, 3.05) is 13.1 Å². The van der Waals surface area contributed by atoms with Crippen LogP contribution in [0.15, 0.2) is 18.2 Å². The number of aromatic hydroxyl groups is 1. The first-order valence-corrected chi connectivity index (χ1v) is 7.56. The lowest BCUT2D eigenvalue weighted by Crippen LogP contribution is -2.43. The van der Waals surface area contributed by atoms with Gasteiger partial charge in [0.15, 0.2) is 0 Å². The molecule has 104 valence electrons. The fourth-order valence-electron chi connectivity index (χ4n) is 3.44. The molecule has 3 rings (SSSR count). The largest absolute Gasteiger partial charge is 0.508 e. The molecule has 19 heavy (non-hydrogen) atoms. The highest BCUT2D eigenvalue weighted by atomic mass is 35.5. The lowest BCUT2D eigenvalue weighted by atomic mass is 10.0. The third-order valence-electron chi connectivity index (χ3n) is 4.39. The van der Waals surface area contributed by atoms with E-state index in [1.54, 1.807) is 12.1 Å². The zero-order valence-corrected chi connectivity index (χ0v) is 11.9. The predicted octanol–water partition coefficient (Wildman–Crippen LogP) is 2.76. The number of rotatable bonds is 3. The Labute approximate surface area is 119 Å². The third-order valence-corrected chi connectivity index (χ3v) is 4.63. The average Bonchev–Trinajstić information content (AvgIpc) is 3.03. The van der Waals surface area contributed by atoms with E-state index in [2.05, 4.69) is 10.2 Å². The number of likely N-dealkylation sites (tertiary alicyclic amines) is 1. The molecule has 0 amide bonds. The number of hydrogen-bond donors (Lipinski definition) is 2. The Hall–Kier alpha value is -0.770. The van der Waals surface area contributed by atoms with Crippen molar-refractivity contribution < 1.29 is 5.11 Å². The lowest BCUT2D eigenvalue weighted by Gasteiger charge is -2.29. The van der Waals surface area contributed by atoms with E-state index in [4.69, 9.17) is 11.6 Å². The van der Waals surface area contributed by atoms with Gasteiger partial charge >= 0.3 is 0 Å². The van der Waals surface area contributed by atoms with Gasteiger partial charge in [-0.2, -0.15) is 0 Å². The summed E-state index contributed by atoms with van der Waals surface area (Å²) in [6.45, 7) is 3.07. The van der Waals surface area contributed by atoms with Crippen molar-refractivity contribution in [2.45, 2.75) is 44.3 Å². The molecule has 0 aromatic heterocycles. The Morgan fingerprint density at radius 3 is 3.00 bits per heavy atom. The van der Waals surface area contributed by atoms with Crippen LogP contribution >= 0.6 is 11.6 Å². The van der Waals surface area contributed by atoms with Crippen LogP contribution in [-0.4, -0.2) is 35.2 Å². The highest BCUT2D eigenvalue weighted by molar-refractivity contribution is 6.30. The van der Waals surface area contributed by atoms with Crippen molar-refractivity contribution in [3.8, 4) is 5.75 Å². The van der Waals surface area contributed by atoms with Crippen molar-refractivity contribution in [3.63, 3.8) is 0 Å². The number of halogens is 1. The van der Waals surface area contributed by atoms with Gasteiger partial charge in [0.25, 0.3) is 0 Å². The average molecular weight is 281 g/mol. The number of phenols is 1. The molecule has 2 N–H and O–H groups in total. The Morgan fingerprint density at radius 2 is 2.21 bits per heavy atom. The summed E-state index contributed by atoms with van der Waals surface area (Å²) < 4.78 is 0. The molecular formula is C15H21ClN2O. The number of hydrogen-bond acceptors (Lipinski definition) is 3. The molecule has 0 radical (unpaired) electrons. The Bertz CT molecular complexity index is 446. The molecule has 4 heteroatoms. The zero-order valence-electron chi connectivity index (χ0n) is 11.1. The molecule has 3 nitrogen and oxygen atoms in total. The van der Waals surface area contributed by atoms with Crippen LogP contribution in [0.3, 0.4) is 0 Å². The molecule has 2 heterocycles. The van der Waals surface area contributed by atoms with E-state index in [-0.39, 0.29) is 0 Å². The minimum Gasteiger partial charge on any atom is -0.508 e. The summed E-state index contributed by atoms with van der Waals surface area (Å²) in [6.07, 6.45) is 5.09.